The molecule has 1 fully saturated rings. The Labute approximate surface area is 130 Å². The number of piperazine rings is 1. The van der Waals surface area contributed by atoms with Gasteiger partial charge in [0.05, 0.1) is 5.02 Å². The van der Waals surface area contributed by atoms with E-state index in [1.165, 1.54) is 0 Å². The maximum atomic E-state index is 12.1. The van der Waals surface area contributed by atoms with Crippen LogP contribution in [0.5, 0.6) is 5.75 Å². The second kappa shape index (κ2) is 9.48. The van der Waals surface area contributed by atoms with Gasteiger partial charge < -0.3 is 15.0 Å². The summed E-state index contributed by atoms with van der Waals surface area (Å²) in [5, 5.41) is 3.82. The van der Waals surface area contributed by atoms with Crippen molar-refractivity contribution >= 4 is 42.1 Å². The standard InChI is InChI=1S/C12H16ClFN2O.2ClH/c13-11-2-1-10(9-12(11)17-8-3-14)16-6-4-15-5-7-16;;/h1-2,9,15H,3-8H2;2*1H. The quantitative estimate of drug-likeness (QED) is 0.918. The van der Waals surface area contributed by atoms with Gasteiger partial charge in [-0.25, -0.2) is 4.39 Å². The Bertz CT molecular complexity index is 376. The van der Waals surface area contributed by atoms with E-state index in [0.717, 1.165) is 31.9 Å². The summed E-state index contributed by atoms with van der Waals surface area (Å²) in [4.78, 5) is 2.26. The first kappa shape index (κ1) is 18.6. The summed E-state index contributed by atoms with van der Waals surface area (Å²) in [6.45, 7) is 3.42. The van der Waals surface area contributed by atoms with E-state index in [4.69, 9.17) is 16.3 Å². The molecule has 0 spiro atoms. The first-order valence-corrected chi connectivity index (χ1v) is 6.13. The van der Waals surface area contributed by atoms with Crippen LogP contribution in [0.1, 0.15) is 0 Å². The Hall–Kier alpha value is -0.420. The van der Waals surface area contributed by atoms with Crippen molar-refractivity contribution in [3.63, 3.8) is 0 Å². The van der Waals surface area contributed by atoms with Crippen LogP contribution in [0.4, 0.5) is 10.1 Å². The molecule has 1 heterocycles. The highest BCUT2D eigenvalue weighted by atomic mass is 35.5. The summed E-state index contributed by atoms with van der Waals surface area (Å²) in [5.74, 6) is 0.556. The number of alkyl halides is 1. The summed E-state index contributed by atoms with van der Waals surface area (Å²) in [6, 6.07) is 5.64. The Morgan fingerprint density at radius 3 is 2.58 bits per heavy atom. The summed E-state index contributed by atoms with van der Waals surface area (Å²) in [7, 11) is 0. The molecule has 0 saturated carbocycles. The molecule has 1 aliphatic rings. The smallest absolute Gasteiger partial charge is 0.140 e. The van der Waals surface area contributed by atoms with E-state index in [1.807, 2.05) is 12.1 Å². The van der Waals surface area contributed by atoms with Gasteiger partial charge in [-0.05, 0) is 12.1 Å². The predicted molar refractivity (Wildman–Crippen MR) is 82.5 cm³/mol. The first-order chi connectivity index (χ1) is 8.31. The van der Waals surface area contributed by atoms with E-state index in [1.54, 1.807) is 6.07 Å². The molecule has 110 valence electrons. The maximum Gasteiger partial charge on any atom is 0.140 e. The van der Waals surface area contributed by atoms with Gasteiger partial charge in [-0.2, -0.15) is 0 Å². The van der Waals surface area contributed by atoms with Crippen molar-refractivity contribution in [1.29, 1.82) is 0 Å². The van der Waals surface area contributed by atoms with Gasteiger partial charge in [0.2, 0.25) is 0 Å². The number of nitrogens with zero attached hydrogens (tertiary/aromatic N) is 1. The third-order valence-corrected chi connectivity index (χ3v) is 3.04. The highest BCUT2D eigenvalue weighted by Crippen LogP contribution is 2.29. The first-order valence-electron chi connectivity index (χ1n) is 5.75. The largest absolute Gasteiger partial charge is 0.489 e. The molecule has 0 aromatic heterocycles. The lowest BCUT2D eigenvalue weighted by molar-refractivity contribution is 0.273. The van der Waals surface area contributed by atoms with Crippen LogP contribution >= 0.6 is 36.4 Å². The molecule has 3 nitrogen and oxygen atoms in total. The molecule has 7 heteroatoms. The minimum atomic E-state index is -0.506. The van der Waals surface area contributed by atoms with E-state index in [2.05, 4.69) is 10.2 Å². The number of hydrogen-bond donors (Lipinski definition) is 1. The zero-order valence-corrected chi connectivity index (χ0v) is 12.8. The normalized spacial score (nSPS) is 14.3. The van der Waals surface area contributed by atoms with Crippen molar-refractivity contribution in [3.8, 4) is 5.75 Å². The molecule has 0 unspecified atom stereocenters. The van der Waals surface area contributed by atoms with E-state index in [9.17, 15) is 4.39 Å². The lowest BCUT2D eigenvalue weighted by atomic mass is 10.2. The van der Waals surface area contributed by atoms with Gasteiger partial charge in [0.15, 0.2) is 0 Å². The van der Waals surface area contributed by atoms with Crippen LogP contribution in [0.3, 0.4) is 0 Å². The number of rotatable bonds is 4. The Kier molecular flexibility index (Phi) is 9.27. The summed E-state index contributed by atoms with van der Waals surface area (Å²) >= 11 is 5.99. The molecule has 1 aliphatic heterocycles. The van der Waals surface area contributed by atoms with Crippen molar-refractivity contribution < 1.29 is 9.13 Å². The van der Waals surface area contributed by atoms with E-state index >= 15 is 0 Å². The van der Waals surface area contributed by atoms with Gasteiger partial charge in [0, 0.05) is 37.9 Å². The van der Waals surface area contributed by atoms with Crippen LogP contribution < -0.4 is 15.0 Å². The molecule has 1 aromatic rings. The zero-order valence-electron chi connectivity index (χ0n) is 10.4. The average molecular weight is 332 g/mol. The molecule has 0 bridgehead atoms. The number of nitrogens with one attached hydrogen (secondary N) is 1. The van der Waals surface area contributed by atoms with E-state index < -0.39 is 6.67 Å². The topological polar surface area (TPSA) is 24.5 Å². The Morgan fingerprint density at radius 1 is 1.26 bits per heavy atom. The molecule has 19 heavy (non-hydrogen) atoms. The average Bonchev–Trinajstić information content (AvgIpc) is 2.39. The fraction of sp³-hybridized carbons (Fsp3) is 0.500. The lowest BCUT2D eigenvalue weighted by Gasteiger charge is -2.29. The van der Waals surface area contributed by atoms with Gasteiger partial charge >= 0.3 is 0 Å². The second-order valence-corrected chi connectivity index (χ2v) is 4.30. The van der Waals surface area contributed by atoms with Crippen molar-refractivity contribution in [2.45, 2.75) is 0 Å². The van der Waals surface area contributed by atoms with Crippen LogP contribution in [0.2, 0.25) is 5.02 Å². The SMILES string of the molecule is Cl.Cl.FCCOc1cc(N2CCNCC2)ccc1Cl. The molecule has 2 rings (SSSR count). The second-order valence-electron chi connectivity index (χ2n) is 3.89. The van der Waals surface area contributed by atoms with Gasteiger partial charge in [0.1, 0.15) is 19.0 Å². The van der Waals surface area contributed by atoms with Crippen molar-refractivity contribution in [2.24, 2.45) is 0 Å². The number of ether oxygens (including phenoxy) is 1. The third kappa shape index (κ3) is 5.22. The van der Waals surface area contributed by atoms with Crippen molar-refractivity contribution in [2.75, 3.05) is 44.4 Å². The molecular formula is C12H18Cl3FN2O. The van der Waals surface area contributed by atoms with E-state index in [-0.39, 0.29) is 31.4 Å². The zero-order chi connectivity index (χ0) is 12.1. The van der Waals surface area contributed by atoms with Crippen LogP contribution in [0.15, 0.2) is 18.2 Å². The molecule has 1 aromatic carbocycles. The molecule has 1 N–H and O–H groups in total. The van der Waals surface area contributed by atoms with Gasteiger partial charge in [-0.15, -0.1) is 24.8 Å². The monoisotopic (exact) mass is 330 g/mol. The highest BCUT2D eigenvalue weighted by molar-refractivity contribution is 6.32. The fourth-order valence-corrected chi connectivity index (χ4v) is 2.04. The minimum Gasteiger partial charge on any atom is -0.489 e. The van der Waals surface area contributed by atoms with E-state index in [0.29, 0.717) is 10.8 Å². The molecule has 0 atom stereocenters. The lowest BCUT2D eigenvalue weighted by Crippen LogP contribution is -2.43. The number of benzene rings is 1. The Morgan fingerprint density at radius 2 is 1.95 bits per heavy atom. The molecule has 0 aliphatic carbocycles. The van der Waals surface area contributed by atoms with Gasteiger partial charge in [0.25, 0.3) is 0 Å². The molecule has 1 saturated heterocycles. The molecule has 0 radical (unpaired) electrons. The van der Waals surface area contributed by atoms with Crippen LogP contribution in [-0.2, 0) is 0 Å². The number of hydrogen-bond acceptors (Lipinski definition) is 3. The van der Waals surface area contributed by atoms with Crippen LogP contribution in [-0.4, -0.2) is 39.5 Å². The predicted octanol–water partition coefficient (Wildman–Crippen LogP) is 2.94. The molecular weight excluding hydrogens is 314 g/mol. The van der Waals surface area contributed by atoms with Gasteiger partial charge in [-0.1, -0.05) is 11.6 Å². The fourth-order valence-electron chi connectivity index (χ4n) is 1.87. The molecule has 0 amide bonds. The third-order valence-electron chi connectivity index (χ3n) is 2.73. The van der Waals surface area contributed by atoms with Crippen molar-refractivity contribution in [3.05, 3.63) is 23.2 Å². The maximum absolute atomic E-state index is 12.1. The van der Waals surface area contributed by atoms with Crippen molar-refractivity contribution in [1.82, 2.24) is 5.32 Å². The van der Waals surface area contributed by atoms with Gasteiger partial charge in [-0.3, -0.25) is 0 Å². The van der Waals surface area contributed by atoms with Crippen LogP contribution in [0.25, 0.3) is 0 Å². The summed E-state index contributed by atoms with van der Waals surface area (Å²) in [5.41, 5.74) is 1.07. The highest BCUT2D eigenvalue weighted by Gasteiger charge is 2.12. The minimum absolute atomic E-state index is 0. The number of anilines is 1. The number of halogens is 4. The summed E-state index contributed by atoms with van der Waals surface area (Å²) in [6.07, 6.45) is 0. The summed E-state index contributed by atoms with van der Waals surface area (Å²) < 4.78 is 17.3. The Balaban J connectivity index is 0.00000162. The van der Waals surface area contributed by atoms with Crippen LogP contribution in [0, 0.1) is 0 Å².